The normalized spacial score (nSPS) is 12.0. The first kappa shape index (κ1) is 24.9. The van der Waals surface area contributed by atoms with E-state index < -0.39 is 0 Å². The second-order valence-corrected chi connectivity index (χ2v) is 8.15. The minimum Gasteiger partial charge on any atom is -0.494 e. The third-order valence-corrected chi connectivity index (χ3v) is 5.50. The Morgan fingerprint density at radius 1 is 0.968 bits per heavy atom. The summed E-state index contributed by atoms with van der Waals surface area (Å²) >= 11 is 5.69. The average molecular weight is 448 g/mol. The van der Waals surface area contributed by atoms with E-state index in [4.69, 9.17) is 37.8 Å². The first-order chi connectivity index (χ1) is 14.9. The summed E-state index contributed by atoms with van der Waals surface area (Å²) in [4.78, 5) is 0. The molecule has 0 aliphatic carbocycles. The van der Waals surface area contributed by atoms with Crippen molar-refractivity contribution in [3.05, 3.63) is 71.6 Å². The monoisotopic (exact) mass is 447 g/mol. The molecule has 0 spiro atoms. The quantitative estimate of drug-likeness (QED) is 0.187. The summed E-state index contributed by atoms with van der Waals surface area (Å²) in [6, 6.07) is 16.4. The predicted octanol–water partition coefficient (Wildman–Crippen LogP) is 3.76. The van der Waals surface area contributed by atoms with Crippen molar-refractivity contribution in [2.75, 3.05) is 32.2 Å². The maximum Gasteiger partial charge on any atom is 0.119 e. The number of alkyl halides is 1. The first-order valence-electron chi connectivity index (χ1n) is 10.5. The number of hydrogen-bond acceptors (Lipinski definition) is 6. The molecule has 2 rings (SSSR count). The second kappa shape index (κ2) is 12.4. The highest BCUT2D eigenvalue weighted by Gasteiger charge is 2.23. The lowest BCUT2D eigenvalue weighted by molar-refractivity contribution is 0.232. The van der Waals surface area contributed by atoms with Gasteiger partial charge >= 0.3 is 0 Å². The Balaban J connectivity index is 1.89. The molecule has 0 aromatic heterocycles. The van der Waals surface area contributed by atoms with Crippen LogP contribution in [0.25, 0.3) is 0 Å². The van der Waals surface area contributed by atoms with E-state index >= 15 is 0 Å². The number of hydrogen-bond donors (Lipinski definition) is 3. The Bertz CT molecular complexity index is 808. The molecule has 0 atom stereocenters. The minimum absolute atomic E-state index is 0.150. The van der Waals surface area contributed by atoms with Gasteiger partial charge in [-0.05, 0) is 41.8 Å². The van der Waals surface area contributed by atoms with E-state index in [1.54, 1.807) is 0 Å². The molecule has 0 heterocycles. The van der Waals surface area contributed by atoms with Crippen molar-refractivity contribution < 1.29 is 14.6 Å². The van der Waals surface area contributed by atoms with Crippen LogP contribution in [0, 0.1) is 0 Å². The van der Waals surface area contributed by atoms with Crippen LogP contribution in [0.15, 0.2) is 60.4 Å². The van der Waals surface area contributed by atoms with Crippen LogP contribution in [-0.4, -0.2) is 42.4 Å². The third-order valence-electron chi connectivity index (χ3n) is 5.23. The van der Waals surface area contributed by atoms with Crippen molar-refractivity contribution in [1.82, 2.24) is 5.01 Å². The molecule has 0 saturated carbocycles. The van der Waals surface area contributed by atoms with Crippen molar-refractivity contribution in [2.45, 2.75) is 32.1 Å². The molecule has 2 aromatic rings. The van der Waals surface area contributed by atoms with Gasteiger partial charge in [0.1, 0.15) is 11.5 Å². The molecule has 0 aliphatic heterocycles. The fourth-order valence-electron chi connectivity index (χ4n) is 3.15. The Morgan fingerprint density at radius 3 is 1.87 bits per heavy atom. The van der Waals surface area contributed by atoms with Gasteiger partial charge in [0.25, 0.3) is 0 Å². The summed E-state index contributed by atoms with van der Waals surface area (Å²) in [5, 5.41) is 10.6. The largest absolute Gasteiger partial charge is 0.494 e. The maximum atomic E-state index is 9.15. The Labute approximate surface area is 190 Å². The number of benzene rings is 2. The second-order valence-electron chi connectivity index (χ2n) is 7.78. The first-order valence-corrected chi connectivity index (χ1v) is 11.0. The SMILES string of the molecule is CC(C)(c1ccc(OCCCCl)cc1)c1ccc(OCCCN(N)/C(=C\N)CO)cc1. The molecule has 170 valence electrons. The number of aliphatic hydroxyl groups excluding tert-OH is 1. The number of nitrogens with two attached hydrogens (primary N) is 2. The number of nitrogens with zero attached hydrogens (tertiary/aromatic N) is 1. The smallest absolute Gasteiger partial charge is 0.119 e. The van der Waals surface area contributed by atoms with E-state index in [0.29, 0.717) is 37.8 Å². The molecule has 6 nitrogen and oxygen atoms in total. The topological polar surface area (TPSA) is 94.0 Å². The van der Waals surface area contributed by atoms with E-state index in [1.807, 2.05) is 24.3 Å². The van der Waals surface area contributed by atoms with E-state index in [-0.39, 0.29) is 12.0 Å². The minimum atomic E-state index is -0.186. The van der Waals surface area contributed by atoms with E-state index in [1.165, 1.54) is 22.3 Å². The van der Waals surface area contributed by atoms with Gasteiger partial charge in [0.05, 0.1) is 25.5 Å². The fourth-order valence-corrected chi connectivity index (χ4v) is 3.26. The summed E-state index contributed by atoms with van der Waals surface area (Å²) in [5.74, 6) is 8.11. The molecule has 0 aliphatic rings. The zero-order valence-electron chi connectivity index (χ0n) is 18.4. The number of hydrazine groups is 1. The van der Waals surface area contributed by atoms with Crippen molar-refractivity contribution in [3.8, 4) is 11.5 Å². The molecule has 7 heteroatoms. The molecule has 0 fully saturated rings. The van der Waals surface area contributed by atoms with Crippen LogP contribution in [0.3, 0.4) is 0 Å². The Morgan fingerprint density at radius 2 is 1.45 bits per heavy atom. The Hall–Kier alpha value is -2.41. The van der Waals surface area contributed by atoms with Gasteiger partial charge < -0.3 is 25.3 Å². The molecule has 2 aromatic carbocycles. The lowest BCUT2D eigenvalue weighted by Crippen LogP contribution is -2.34. The molecular weight excluding hydrogens is 414 g/mol. The molecule has 0 bridgehead atoms. The molecule has 0 radical (unpaired) electrons. The number of halogens is 1. The predicted molar refractivity (Wildman–Crippen MR) is 126 cm³/mol. The van der Waals surface area contributed by atoms with Crippen LogP contribution < -0.4 is 21.1 Å². The van der Waals surface area contributed by atoms with Crippen molar-refractivity contribution in [1.29, 1.82) is 0 Å². The summed E-state index contributed by atoms with van der Waals surface area (Å²) in [6.45, 7) is 5.90. The number of ether oxygens (including phenoxy) is 2. The molecule has 31 heavy (non-hydrogen) atoms. The van der Waals surface area contributed by atoms with Crippen LogP contribution in [0.5, 0.6) is 11.5 Å². The molecule has 0 saturated heterocycles. The van der Waals surface area contributed by atoms with Gasteiger partial charge in [-0.15, -0.1) is 11.6 Å². The van der Waals surface area contributed by atoms with Crippen LogP contribution in [0.4, 0.5) is 0 Å². The van der Waals surface area contributed by atoms with Crippen molar-refractivity contribution in [3.63, 3.8) is 0 Å². The van der Waals surface area contributed by atoms with Crippen LogP contribution >= 0.6 is 11.6 Å². The van der Waals surface area contributed by atoms with Crippen LogP contribution in [-0.2, 0) is 5.41 Å². The number of rotatable bonds is 13. The van der Waals surface area contributed by atoms with Gasteiger partial charge in [0.15, 0.2) is 0 Å². The van der Waals surface area contributed by atoms with Gasteiger partial charge in [-0.25, -0.2) is 5.84 Å². The van der Waals surface area contributed by atoms with Gasteiger partial charge in [0, 0.05) is 30.5 Å². The zero-order valence-corrected chi connectivity index (χ0v) is 19.1. The zero-order chi connectivity index (χ0) is 22.7. The van der Waals surface area contributed by atoms with E-state index in [9.17, 15) is 0 Å². The van der Waals surface area contributed by atoms with Crippen molar-refractivity contribution in [2.24, 2.45) is 11.6 Å². The Kier molecular flexibility index (Phi) is 9.98. The lowest BCUT2D eigenvalue weighted by atomic mass is 9.78. The molecular formula is C24H34ClN3O3. The van der Waals surface area contributed by atoms with E-state index in [2.05, 4.69) is 38.1 Å². The molecule has 5 N–H and O–H groups in total. The van der Waals surface area contributed by atoms with Crippen LogP contribution in [0.2, 0.25) is 0 Å². The van der Waals surface area contributed by atoms with Crippen LogP contribution in [0.1, 0.15) is 37.8 Å². The van der Waals surface area contributed by atoms with Gasteiger partial charge in [0.2, 0.25) is 0 Å². The highest BCUT2D eigenvalue weighted by atomic mass is 35.5. The van der Waals surface area contributed by atoms with Gasteiger partial charge in [-0.1, -0.05) is 38.1 Å². The maximum absolute atomic E-state index is 9.15. The standard InChI is InChI=1S/C24H34ClN3O3/c1-24(2,19-5-9-22(10-6-19)30-15-3-13-25)20-7-11-23(12-8-20)31-16-4-14-28(27)21(17-26)18-29/h5-12,17,29H,3-4,13-16,18,26-27H2,1-2H3/b21-17-. The highest BCUT2D eigenvalue weighted by molar-refractivity contribution is 6.17. The van der Waals surface area contributed by atoms with Gasteiger partial charge in [-0.2, -0.15) is 0 Å². The lowest BCUT2D eigenvalue weighted by Gasteiger charge is -2.26. The molecule has 0 unspecified atom stereocenters. The summed E-state index contributed by atoms with van der Waals surface area (Å²) in [6.07, 6.45) is 2.85. The number of aliphatic hydroxyl groups is 1. The summed E-state index contributed by atoms with van der Waals surface area (Å²) < 4.78 is 11.5. The van der Waals surface area contributed by atoms with E-state index in [0.717, 1.165) is 17.9 Å². The summed E-state index contributed by atoms with van der Waals surface area (Å²) in [7, 11) is 0. The fraction of sp³-hybridized carbons (Fsp3) is 0.417. The third kappa shape index (κ3) is 7.35. The van der Waals surface area contributed by atoms with Crippen molar-refractivity contribution >= 4 is 11.6 Å². The summed E-state index contributed by atoms with van der Waals surface area (Å²) in [5.41, 5.74) is 8.16. The van der Waals surface area contributed by atoms with Gasteiger partial charge in [-0.3, -0.25) is 0 Å². The highest BCUT2D eigenvalue weighted by Crippen LogP contribution is 2.33. The molecule has 0 amide bonds. The average Bonchev–Trinajstić information content (AvgIpc) is 2.78.